The fourth-order valence-corrected chi connectivity index (χ4v) is 2.19. The van der Waals surface area contributed by atoms with Crippen molar-refractivity contribution in [3.63, 3.8) is 0 Å². The van der Waals surface area contributed by atoms with Crippen molar-refractivity contribution in [2.45, 2.75) is 20.1 Å². The zero-order valence-corrected chi connectivity index (χ0v) is 13.0. The molecule has 2 rings (SSSR count). The lowest BCUT2D eigenvalue weighted by atomic mass is 10.1. The van der Waals surface area contributed by atoms with Crippen LogP contribution in [0.4, 0.5) is 4.39 Å². The molecule has 0 saturated carbocycles. The highest BCUT2D eigenvalue weighted by Crippen LogP contribution is 2.15. The Morgan fingerprint density at radius 1 is 1.23 bits per heavy atom. The molecule has 1 N–H and O–H groups in total. The third-order valence-corrected chi connectivity index (χ3v) is 3.43. The van der Waals surface area contributed by atoms with Gasteiger partial charge in [-0.15, -0.1) is 0 Å². The molecule has 116 valence electrons. The first-order valence-corrected chi connectivity index (χ1v) is 7.37. The number of amides is 1. The number of nitrogens with one attached hydrogen (secondary N) is 1. The predicted octanol–water partition coefficient (Wildman–Crippen LogP) is 3.95. The minimum absolute atomic E-state index is 0.0216. The molecule has 0 aromatic heterocycles. The van der Waals surface area contributed by atoms with Crippen LogP contribution in [0, 0.1) is 5.82 Å². The quantitative estimate of drug-likeness (QED) is 0.875. The molecule has 0 aliphatic rings. The van der Waals surface area contributed by atoms with Gasteiger partial charge >= 0.3 is 0 Å². The van der Waals surface area contributed by atoms with Gasteiger partial charge in [0.1, 0.15) is 5.82 Å². The summed E-state index contributed by atoms with van der Waals surface area (Å²) in [4.78, 5) is 12.1. The van der Waals surface area contributed by atoms with Crippen molar-refractivity contribution in [3.8, 4) is 0 Å². The van der Waals surface area contributed by atoms with Crippen LogP contribution in [0.5, 0.6) is 0 Å². The molecule has 2 aromatic carbocycles. The largest absolute Gasteiger partial charge is 0.377 e. The average Bonchev–Trinajstić information content (AvgIpc) is 2.51. The Morgan fingerprint density at radius 3 is 2.64 bits per heavy atom. The second kappa shape index (κ2) is 7.92. The molecular formula is C17H17ClFNO2. The topological polar surface area (TPSA) is 38.3 Å². The third kappa shape index (κ3) is 4.29. The number of ether oxygens (including phenoxy) is 1. The van der Waals surface area contributed by atoms with Gasteiger partial charge in [-0.25, -0.2) is 4.39 Å². The summed E-state index contributed by atoms with van der Waals surface area (Å²) in [5.41, 5.74) is 1.92. The van der Waals surface area contributed by atoms with Gasteiger partial charge in [-0.3, -0.25) is 4.79 Å². The third-order valence-electron chi connectivity index (χ3n) is 3.20. The number of halogens is 2. The van der Waals surface area contributed by atoms with E-state index in [1.807, 2.05) is 31.2 Å². The molecule has 2 aromatic rings. The summed E-state index contributed by atoms with van der Waals surface area (Å²) < 4.78 is 19.1. The van der Waals surface area contributed by atoms with E-state index in [0.29, 0.717) is 19.8 Å². The van der Waals surface area contributed by atoms with Crippen LogP contribution in [0.25, 0.3) is 0 Å². The standard InChI is InChI=1S/C17H17ClFNO2/c1-2-22-11-13-6-4-3-5-12(13)10-20-17(21)15-8-7-14(18)9-16(15)19/h3-9H,2,10-11H2,1H3,(H,20,21). The van der Waals surface area contributed by atoms with Crippen LogP contribution >= 0.6 is 11.6 Å². The highest BCUT2D eigenvalue weighted by molar-refractivity contribution is 6.30. The van der Waals surface area contributed by atoms with Gasteiger partial charge in [0.25, 0.3) is 5.91 Å². The Bertz CT molecular complexity index is 661. The predicted molar refractivity (Wildman–Crippen MR) is 84.4 cm³/mol. The zero-order valence-electron chi connectivity index (χ0n) is 12.2. The van der Waals surface area contributed by atoms with E-state index in [9.17, 15) is 9.18 Å². The van der Waals surface area contributed by atoms with Crippen LogP contribution in [0.3, 0.4) is 0 Å². The number of carbonyl (C=O) groups is 1. The van der Waals surface area contributed by atoms with Crippen molar-refractivity contribution in [3.05, 3.63) is 70.0 Å². The second-order valence-corrected chi connectivity index (χ2v) is 5.15. The molecule has 0 atom stereocenters. The Hall–Kier alpha value is -1.91. The lowest BCUT2D eigenvalue weighted by Gasteiger charge is -2.11. The maximum atomic E-state index is 13.7. The molecule has 0 radical (unpaired) electrons. The van der Waals surface area contributed by atoms with Crippen molar-refractivity contribution in [2.75, 3.05) is 6.61 Å². The molecular weight excluding hydrogens is 305 g/mol. The normalized spacial score (nSPS) is 10.5. The fourth-order valence-electron chi connectivity index (χ4n) is 2.03. The number of rotatable bonds is 6. The summed E-state index contributed by atoms with van der Waals surface area (Å²) in [5.74, 6) is -1.10. The Balaban J connectivity index is 2.05. The van der Waals surface area contributed by atoms with E-state index in [-0.39, 0.29) is 10.6 Å². The summed E-state index contributed by atoms with van der Waals surface area (Å²) in [6, 6.07) is 11.6. The molecule has 0 spiro atoms. The SMILES string of the molecule is CCOCc1ccccc1CNC(=O)c1ccc(Cl)cc1F. The molecule has 3 nitrogen and oxygen atoms in total. The van der Waals surface area contributed by atoms with Gasteiger partial charge in [-0.1, -0.05) is 35.9 Å². The Morgan fingerprint density at radius 2 is 1.95 bits per heavy atom. The van der Waals surface area contributed by atoms with E-state index in [1.165, 1.54) is 12.1 Å². The van der Waals surface area contributed by atoms with Gasteiger partial charge in [-0.2, -0.15) is 0 Å². The highest BCUT2D eigenvalue weighted by Gasteiger charge is 2.12. The fraction of sp³-hybridized carbons (Fsp3) is 0.235. The highest BCUT2D eigenvalue weighted by atomic mass is 35.5. The van der Waals surface area contributed by atoms with Crippen molar-refractivity contribution in [2.24, 2.45) is 0 Å². The van der Waals surface area contributed by atoms with Crippen LogP contribution in [-0.2, 0) is 17.9 Å². The summed E-state index contributed by atoms with van der Waals surface area (Å²) >= 11 is 5.68. The molecule has 22 heavy (non-hydrogen) atoms. The van der Waals surface area contributed by atoms with E-state index in [2.05, 4.69) is 5.32 Å². The lowest BCUT2D eigenvalue weighted by Crippen LogP contribution is -2.24. The van der Waals surface area contributed by atoms with Gasteiger partial charge in [0, 0.05) is 18.2 Å². The summed E-state index contributed by atoms with van der Waals surface area (Å²) in [6.45, 7) is 3.34. The monoisotopic (exact) mass is 321 g/mol. The van der Waals surface area contributed by atoms with Crippen LogP contribution < -0.4 is 5.32 Å². The zero-order chi connectivity index (χ0) is 15.9. The molecule has 0 bridgehead atoms. The number of hydrogen-bond donors (Lipinski definition) is 1. The Labute approximate surface area is 134 Å². The lowest BCUT2D eigenvalue weighted by molar-refractivity contribution is 0.0945. The number of carbonyl (C=O) groups excluding carboxylic acids is 1. The van der Waals surface area contributed by atoms with E-state index < -0.39 is 11.7 Å². The molecule has 0 aliphatic carbocycles. The van der Waals surface area contributed by atoms with Crippen molar-refractivity contribution in [1.29, 1.82) is 0 Å². The van der Waals surface area contributed by atoms with Crippen LogP contribution in [0.1, 0.15) is 28.4 Å². The van der Waals surface area contributed by atoms with E-state index in [0.717, 1.165) is 17.2 Å². The minimum atomic E-state index is -0.632. The first-order chi connectivity index (χ1) is 10.6. The van der Waals surface area contributed by atoms with Crippen molar-refractivity contribution >= 4 is 17.5 Å². The van der Waals surface area contributed by atoms with Crippen LogP contribution in [0.15, 0.2) is 42.5 Å². The van der Waals surface area contributed by atoms with Gasteiger partial charge in [-0.05, 0) is 36.2 Å². The van der Waals surface area contributed by atoms with E-state index in [4.69, 9.17) is 16.3 Å². The van der Waals surface area contributed by atoms with Crippen LogP contribution in [-0.4, -0.2) is 12.5 Å². The first-order valence-electron chi connectivity index (χ1n) is 6.99. The Kier molecular flexibility index (Phi) is 5.92. The molecule has 0 heterocycles. The van der Waals surface area contributed by atoms with Gasteiger partial charge < -0.3 is 10.1 Å². The molecule has 5 heteroatoms. The minimum Gasteiger partial charge on any atom is -0.377 e. The van der Waals surface area contributed by atoms with E-state index >= 15 is 0 Å². The smallest absolute Gasteiger partial charge is 0.254 e. The summed E-state index contributed by atoms with van der Waals surface area (Å²) in [7, 11) is 0. The average molecular weight is 322 g/mol. The van der Waals surface area contributed by atoms with Gasteiger partial charge in [0.15, 0.2) is 0 Å². The summed E-state index contributed by atoms with van der Waals surface area (Å²) in [6.07, 6.45) is 0. The van der Waals surface area contributed by atoms with Crippen molar-refractivity contribution < 1.29 is 13.9 Å². The van der Waals surface area contributed by atoms with Gasteiger partial charge in [0.05, 0.1) is 12.2 Å². The van der Waals surface area contributed by atoms with Gasteiger partial charge in [0.2, 0.25) is 0 Å². The maximum Gasteiger partial charge on any atom is 0.254 e. The number of benzene rings is 2. The molecule has 0 saturated heterocycles. The van der Waals surface area contributed by atoms with Crippen LogP contribution in [0.2, 0.25) is 5.02 Å². The van der Waals surface area contributed by atoms with E-state index in [1.54, 1.807) is 0 Å². The molecule has 0 aliphatic heterocycles. The van der Waals surface area contributed by atoms with Crippen molar-refractivity contribution in [1.82, 2.24) is 5.32 Å². The maximum absolute atomic E-state index is 13.7. The number of hydrogen-bond acceptors (Lipinski definition) is 2. The summed E-state index contributed by atoms with van der Waals surface area (Å²) in [5, 5.41) is 2.98. The molecule has 0 fully saturated rings. The second-order valence-electron chi connectivity index (χ2n) is 4.71. The first kappa shape index (κ1) is 16.5. The molecule has 0 unspecified atom stereocenters. The molecule has 1 amide bonds.